The maximum atomic E-state index is 13.4. The Labute approximate surface area is 164 Å². The highest BCUT2D eigenvalue weighted by molar-refractivity contribution is 5.71. The third-order valence-corrected chi connectivity index (χ3v) is 3.52. The SMILES string of the molecule is COCCOCOC(=C(F)F)C(OC(=O)COCc1ccccc1)C(C)(C)C. The van der Waals surface area contributed by atoms with Crippen LogP contribution in [0.4, 0.5) is 8.78 Å². The number of hydrogen-bond acceptors (Lipinski definition) is 6. The van der Waals surface area contributed by atoms with Gasteiger partial charge in [0.1, 0.15) is 6.61 Å². The van der Waals surface area contributed by atoms with Crippen LogP contribution < -0.4 is 0 Å². The van der Waals surface area contributed by atoms with Crippen molar-refractivity contribution in [2.75, 3.05) is 33.7 Å². The Bertz CT molecular complexity index is 609. The van der Waals surface area contributed by atoms with Gasteiger partial charge in [-0.1, -0.05) is 51.1 Å². The highest BCUT2D eigenvalue weighted by Crippen LogP contribution is 2.31. The highest BCUT2D eigenvalue weighted by Gasteiger charge is 2.36. The van der Waals surface area contributed by atoms with Crippen LogP contribution in [0.15, 0.2) is 42.2 Å². The first-order chi connectivity index (χ1) is 13.3. The molecule has 0 amide bonds. The smallest absolute Gasteiger partial charge is 0.332 e. The number of ether oxygens (including phenoxy) is 5. The van der Waals surface area contributed by atoms with Crippen molar-refractivity contribution >= 4 is 5.97 Å². The van der Waals surface area contributed by atoms with Gasteiger partial charge in [0.15, 0.2) is 12.9 Å². The van der Waals surface area contributed by atoms with Crippen molar-refractivity contribution < 1.29 is 37.3 Å². The molecule has 28 heavy (non-hydrogen) atoms. The third-order valence-electron chi connectivity index (χ3n) is 3.52. The summed E-state index contributed by atoms with van der Waals surface area (Å²) in [5.41, 5.74) is 0.0509. The fraction of sp³-hybridized carbons (Fsp3) is 0.550. The third kappa shape index (κ3) is 9.25. The zero-order chi connectivity index (χ0) is 21.0. The molecule has 0 saturated heterocycles. The van der Waals surface area contributed by atoms with Gasteiger partial charge in [-0.15, -0.1) is 0 Å². The predicted octanol–water partition coefficient (Wildman–Crippen LogP) is 3.91. The van der Waals surface area contributed by atoms with Gasteiger partial charge in [0, 0.05) is 12.5 Å². The first-order valence-corrected chi connectivity index (χ1v) is 8.81. The first-order valence-electron chi connectivity index (χ1n) is 8.81. The molecule has 1 rings (SSSR count). The van der Waals surface area contributed by atoms with Crippen LogP contribution in [0.1, 0.15) is 26.3 Å². The fourth-order valence-corrected chi connectivity index (χ4v) is 2.15. The number of esters is 1. The second-order valence-electron chi connectivity index (χ2n) is 7.00. The molecule has 0 saturated carbocycles. The molecule has 0 aromatic heterocycles. The molecule has 0 fully saturated rings. The molecule has 8 heteroatoms. The molecule has 1 aromatic carbocycles. The lowest BCUT2D eigenvalue weighted by molar-refractivity contribution is -0.163. The van der Waals surface area contributed by atoms with Crippen LogP contribution in [-0.4, -0.2) is 45.8 Å². The average Bonchev–Trinajstić information content (AvgIpc) is 2.63. The van der Waals surface area contributed by atoms with E-state index in [-0.39, 0.29) is 19.8 Å². The number of carbonyl (C=O) groups excluding carboxylic acids is 1. The summed E-state index contributed by atoms with van der Waals surface area (Å²) in [5, 5.41) is 0. The number of benzene rings is 1. The van der Waals surface area contributed by atoms with E-state index in [1.165, 1.54) is 7.11 Å². The Hall–Kier alpha value is -2.03. The van der Waals surface area contributed by atoms with Gasteiger partial charge >= 0.3 is 12.0 Å². The van der Waals surface area contributed by atoms with Crippen molar-refractivity contribution in [1.82, 2.24) is 0 Å². The summed E-state index contributed by atoms with van der Waals surface area (Å²) in [7, 11) is 1.49. The Morgan fingerprint density at radius 2 is 1.75 bits per heavy atom. The van der Waals surface area contributed by atoms with Crippen LogP contribution in [0.5, 0.6) is 0 Å². The van der Waals surface area contributed by atoms with Crippen LogP contribution in [0, 0.1) is 5.41 Å². The molecule has 0 spiro atoms. The summed E-state index contributed by atoms with van der Waals surface area (Å²) < 4.78 is 52.3. The largest absolute Gasteiger partial charge is 0.462 e. The molecule has 0 N–H and O–H groups in total. The maximum absolute atomic E-state index is 13.4. The van der Waals surface area contributed by atoms with Gasteiger partial charge in [0.05, 0.1) is 19.8 Å². The van der Waals surface area contributed by atoms with Crippen LogP contribution in [0.25, 0.3) is 0 Å². The lowest BCUT2D eigenvalue weighted by Gasteiger charge is -2.31. The van der Waals surface area contributed by atoms with Crippen molar-refractivity contribution in [1.29, 1.82) is 0 Å². The number of methoxy groups -OCH3 is 1. The molecule has 1 unspecified atom stereocenters. The quantitative estimate of drug-likeness (QED) is 0.229. The van der Waals surface area contributed by atoms with E-state index in [1.54, 1.807) is 20.8 Å². The van der Waals surface area contributed by atoms with Crippen molar-refractivity contribution in [3.8, 4) is 0 Å². The lowest BCUT2D eigenvalue weighted by atomic mass is 9.88. The van der Waals surface area contributed by atoms with E-state index < -0.39 is 36.1 Å². The lowest BCUT2D eigenvalue weighted by Crippen LogP contribution is -2.36. The molecular weight excluding hydrogens is 374 g/mol. The summed E-state index contributed by atoms with van der Waals surface area (Å²) in [6, 6.07) is 9.25. The average molecular weight is 402 g/mol. The van der Waals surface area contributed by atoms with E-state index in [0.717, 1.165) is 5.56 Å². The molecule has 0 radical (unpaired) electrons. The van der Waals surface area contributed by atoms with Crippen molar-refractivity contribution in [2.45, 2.75) is 33.5 Å². The van der Waals surface area contributed by atoms with Gasteiger partial charge in [-0.2, -0.15) is 8.78 Å². The van der Waals surface area contributed by atoms with Crippen molar-refractivity contribution in [3.05, 3.63) is 47.7 Å². The molecule has 1 aromatic rings. The zero-order valence-corrected chi connectivity index (χ0v) is 16.7. The molecule has 0 aliphatic carbocycles. The minimum atomic E-state index is -2.08. The topological polar surface area (TPSA) is 63.2 Å². The summed E-state index contributed by atoms with van der Waals surface area (Å²) in [6.45, 7) is 4.90. The standard InChI is InChI=1S/C20H28F2O6/c1-20(2,3)18(17(19(21)22)27-14-25-11-10-24-4)28-16(23)13-26-12-15-8-6-5-7-9-15/h5-9,18H,10-14H2,1-4H3. The van der Waals surface area contributed by atoms with Gasteiger partial charge in [0.25, 0.3) is 0 Å². The Morgan fingerprint density at radius 3 is 2.32 bits per heavy atom. The van der Waals surface area contributed by atoms with Crippen LogP contribution in [0.3, 0.4) is 0 Å². The van der Waals surface area contributed by atoms with E-state index in [1.807, 2.05) is 30.3 Å². The second-order valence-corrected chi connectivity index (χ2v) is 7.00. The van der Waals surface area contributed by atoms with Crippen molar-refractivity contribution in [3.63, 3.8) is 0 Å². The van der Waals surface area contributed by atoms with E-state index in [9.17, 15) is 13.6 Å². The maximum Gasteiger partial charge on any atom is 0.332 e. The molecule has 0 aliphatic rings. The molecule has 6 nitrogen and oxygen atoms in total. The Morgan fingerprint density at radius 1 is 1.07 bits per heavy atom. The number of hydrogen-bond donors (Lipinski definition) is 0. The molecular formula is C20H28F2O6. The van der Waals surface area contributed by atoms with E-state index in [0.29, 0.717) is 6.61 Å². The minimum Gasteiger partial charge on any atom is -0.462 e. The second kappa shape index (κ2) is 12.4. The number of halogens is 2. The summed E-state index contributed by atoms with van der Waals surface area (Å²) in [6.07, 6.45) is -3.37. The molecule has 0 aliphatic heterocycles. The summed E-state index contributed by atoms with van der Waals surface area (Å²) >= 11 is 0. The van der Waals surface area contributed by atoms with Crippen LogP contribution >= 0.6 is 0 Å². The van der Waals surface area contributed by atoms with Crippen molar-refractivity contribution in [2.24, 2.45) is 5.41 Å². The number of rotatable bonds is 12. The van der Waals surface area contributed by atoms with Gasteiger partial charge in [0.2, 0.25) is 5.76 Å². The predicted molar refractivity (Wildman–Crippen MR) is 98.5 cm³/mol. The van der Waals surface area contributed by atoms with Gasteiger partial charge < -0.3 is 23.7 Å². The molecule has 0 bridgehead atoms. The van der Waals surface area contributed by atoms with Crippen LogP contribution in [0.2, 0.25) is 0 Å². The van der Waals surface area contributed by atoms with E-state index in [2.05, 4.69) is 0 Å². The monoisotopic (exact) mass is 402 g/mol. The minimum absolute atomic E-state index is 0.185. The van der Waals surface area contributed by atoms with Gasteiger partial charge in [-0.05, 0) is 5.56 Å². The summed E-state index contributed by atoms with van der Waals surface area (Å²) in [5.74, 6) is -1.50. The highest BCUT2D eigenvalue weighted by atomic mass is 19.3. The first kappa shape index (κ1) is 24.0. The van der Waals surface area contributed by atoms with E-state index >= 15 is 0 Å². The Balaban J connectivity index is 2.64. The fourth-order valence-electron chi connectivity index (χ4n) is 2.15. The van der Waals surface area contributed by atoms with Gasteiger partial charge in [-0.25, -0.2) is 4.79 Å². The number of carbonyl (C=O) groups is 1. The molecule has 1 atom stereocenters. The van der Waals surface area contributed by atoms with E-state index in [4.69, 9.17) is 23.7 Å². The summed E-state index contributed by atoms with van der Waals surface area (Å²) in [4.78, 5) is 12.1. The zero-order valence-electron chi connectivity index (χ0n) is 16.7. The molecule has 0 heterocycles. The molecule has 158 valence electrons. The van der Waals surface area contributed by atoms with Crippen LogP contribution in [-0.2, 0) is 35.1 Å². The van der Waals surface area contributed by atoms with Gasteiger partial charge in [-0.3, -0.25) is 0 Å². The Kier molecular flexibility index (Phi) is 10.7. The normalized spacial score (nSPS) is 12.4.